The van der Waals surface area contributed by atoms with Crippen molar-refractivity contribution < 1.29 is 14.3 Å². The molecule has 2 amide bonds. The van der Waals surface area contributed by atoms with Crippen LogP contribution in [0.5, 0.6) is 5.75 Å². The number of carbonyl (C=O) groups excluding carboxylic acids is 2. The first kappa shape index (κ1) is 18.5. The third kappa shape index (κ3) is 3.90. The third-order valence-corrected chi connectivity index (χ3v) is 5.64. The largest absolute Gasteiger partial charge is 0.491 e. The van der Waals surface area contributed by atoms with Crippen LogP contribution in [-0.4, -0.2) is 17.9 Å². The van der Waals surface area contributed by atoms with Crippen molar-refractivity contribution in [2.45, 2.75) is 46.1 Å². The van der Waals surface area contributed by atoms with Crippen molar-refractivity contribution in [3.05, 3.63) is 45.8 Å². The molecule has 0 fully saturated rings. The molecule has 0 spiro atoms. The summed E-state index contributed by atoms with van der Waals surface area (Å²) in [6.07, 6.45) is 2.88. The zero-order valence-corrected chi connectivity index (χ0v) is 16.1. The van der Waals surface area contributed by atoms with Crippen molar-refractivity contribution in [3.8, 4) is 5.75 Å². The van der Waals surface area contributed by atoms with Gasteiger partial charge in [0.1, 0.15) is 10.8 Å². The summed E-state index contributed by atoms with van der Waals surface area (Å²) in [5.74, 6) is 0.567. The van der Waals surface area contributed by atoms with Gasteiger partial charge in [0.25, 0.3) is 11.8 Å². The molecule has 1 aliphatic carbocycles. The Labute approximate surface area is 157 Å². The lowest BCUT2D eigenvalue weighted by atomic mass is 9.88. The smallest absolute Gasteiger partial charge is 0.256 e. The van der Waals surface area contributed by atoms with E-state index in [4.69, 9.17) is 10.5 Å². The van der Waals surface area contributed by atoms with Gasteiger partial charge in [-0.2, -0.15) is 0 Å². The summed E-state index contributed by atoms with van der Waals surface area (Å²) in [4.78, 5) is 25.7. The molecule has 3 rings (SSSR count). The Bertz CT molecular complexity index is 824. The Balaban J connectivity index is 1.82. The van der Waals surface area contributed by atoms with Crippen molar-refractivity contribution in [3.63, 3.8) is 0 Å². The van der Waals surface area contributed by atoms with Crippen molar-refractivity contribution in [1.29, 1.82) is 0 Å². The molecule has 0 saturated carbocycles. The predicted molar refractivity (Wildman–Crippen MR) is 104 cm³/mol. The van der Waals surface area contributed by atoms with Crippen molar-refractivity contribution in [1.82, 2.24) is 0 Å². The zero-order valence-electron chi connectivity index (χ0n) is 15.3. The number of amides is 2. The normalized spacial score (nSPS) is 16.2. The average molecular weight is 372 g/mol. The molecular formula is C20H24N2O3S. The van der Waals surface area contributed by atoms with Gasteiger partial charge in [-0.1, -0.05) is 6.92 Å². The highest BCUT2D eigenvalue weighted by molar-refractivity contribution is 7.17. The van der Waals surface area contributed by atoms with Crippen LogP contribution in [0.1, 0.15) is 58.3 Å². The summed E-state index contributed by atoms with van der Waals surface area (Å²) in [5.41, 5.74) is 7.60. The first-order valence-electron chi connectivity index (χ1n) is 8.87. The second kappa shape index (κ2) is 7.50. The summed E-state index contributed by atoms with van der Waals surface area (Å²) in [6.45, 7) is 6.10. The number of primary amides is 1. The van der Waals surface area contributed by atoms with E-state index in [1.807, 2.05) is 13.8 Å². The van der Waals surface area contributed by atoms with Gasteiger partial charge in [-0.05, 0) is 68.9 Å². The van der Waals surface area contributed by atoms with Crippen molar-refractivity contribution >= 4 is 28.2 Å². The Hall–Kier alpha value is -2.34. The van der Waals surface area contributed by atoms with E-state index < -0.39 is 5.91 Å². The fraction of sp³-hybridized carbons (Fsp3) is 0.400. The van der Waals surface area contributed by atoms with Crippen molar-refractivity contribution in [2.24, 2.45) is 11.7 Å². The van der Waals surface area contributed by atoms with Crippen molar-refractivity contribution in [2.75, 3.05) is 5.32 Å². The molecular weight excluding hydrogens is 348 g/mol. The minimum atomic E-state index is -0.479. The number of benzene rings is 1. The lowest BCUT2D eigenvalue weighted by molar-refractivity contribution is 0.1000. The second-order valence-corrected chi connectivity index (χ2v) is 8.17. The van der Waals surface area contributed by atoms with Crippen LogP contribution in [0.15, 0.2) is 24.3 Å². The fourth-order valence-electron chi connectivity index (χ4n) is 3.23. The van der Waals surface area contributed by atoms with Gasteiger partial charge in [-0.3, -0.25) is 9.59 Å². The molecule has 1 heterocycles. The number of nitrogens with two attached hydrogens (primary N) is 1. The molecule has 1 aromatic heterocycles. The van der Waals surface area contributed by atoms with E-state index in [1.165, 1.54) is 11.3 Å². The fourth-order valence-corrected chi connectivity index (χ4v) is 4.64. The maximum absolute atomic E-state index is 12.6. The molecule has 0 bridgehead atoms. The van der Waals surface area contributed by atoms with Crippen LogP contribution in [0.3, 0.4) is 0 Å². The quantitative estimate of drug-likeness (QED) is 0.832. The van der Waals surface area contributed by atoms with Crippen LogP contribution in [0, 0.1) is 5.92 Å². The molecule has 0 saturated heterocycles. The number of thiophene rings is 1. The van der Waals surface area contributed by atoms with Gasteiger partial charge in [0.2, 0.25) is 0 Å². The van der Waals surface area contributed by atoms with E-state index in [2.05, 4.69) is 12.2 Å². The van der Waals surface area contributed by atoms with E-state index in [9.17, 15) is 9.59 Å². The van der Waals surface area contributed by atoms with E-state index in [-0.39, 0.29) is 12.0 Å². The zero-order chi connectivity index (χ0) is 18.8. The SMILES string of the molecule is CC1CCc2c(sc(NC(=O)c3ccc(OC(C)C)cc3)c2C(N)=O)C1. The van der Waals surface area contributed by atoms with Crippen LogP contribution in [0.4, 0.5) is 5.00 Å². The Morgan fingerprint density at radius 2 is 1.96 bits per heavy atom. The lowest BCUT2D eigenvalue weighted by Gasteiger charge is -2.18. The summed E-state index contributed by atoms with van der Waals surface area (Å²) >= 11 is 1.47. The molecule has 26 heavy (non-hydrogen) atoms. The average Bonchev–Trinajstić information content (AvgIpc) is 2.91. The number of hydrogen-bond acceptors (Lipinski definition) is 4. The monoisotopic (exact) mass is 372 g/mol. The van der Waals surface area contributed by atoms with Crippen LogP contribution >= 0.6 is 11.3 Å². The van der Waals surface area contributed by atoms with Gasteiger partial charge >= 0.3 is 0 Å². The molecule has 1 atom stereocenters. The summed E-state index contributed by atoms with van der Waals surface area (Å²) < 4.78 is 5.59. The molecule has 1 aromatic carbocycles. The van der Waals surface area contributed by atoms with E-state index in [0.29, 0.717) is 22.0 Å². The summed E-state index contributed by atoms with van der Waals surface area (Å²) in [7, 11) is 0. The first-order valence-corrected chi connectivity index (χ1v) is 9.69. The van der Waals surface area contributed by atoms with Gasteiger partial charge in [0, 0.05) is 10.4 Å². The lowest BCUT2D eigenvalue weighted by Crippen LogP contribution is -2.19. The van der Waals surface area contributed by atoms with E-state index >= 15 is 0 Å². The molecule has 2 aromatic rings. The maximum atomic E-state index is 12.6. The minimum absolute atomic E-state index is 0.0765. The highest BCUT2D eigenvalue weighted by atomic mass is 32.1. The topological polar surface area (TPSA) is 81.4 Å². The minimum Gasteiger partial charge on any atom is -0.491 e. The Morgan fingerprint density at radius 3 is 2.58 bits per heavy atom. The van der Waals surface area contributed by atoms with Gasteiger partial charge < -0.3 is 15.8 Å². The highest BCUT2D eigenvalue weighted by Crippen LogP contribution is 2.39. The van der Waals surface area contributed by atoms with E-state index in [0.717, 1.165) is 35.5 Å². The molecule has 3 N–H and O–H groups in total. The third-order valence-electron chi connectivity index (χ3n) is 4.47. The Morgan fingerprint density at radius 1 is 1.27 bits per heavy atom. The predicted octanol–water partition coefficient (Wildman–Crippen LogP) is 4.01. The number of rotatable bonds is 5. The maximum Gasteiger partial charge on any atom is 0.256 e. The number of hydrogen-bond donors (Lipinski definition) is 2. The van der Waals surface area contributed by atoms with Gasteiger partial charge in [-0.25, -0.2) is 0 Å². The summed E-state index contributed by atoms with van der Waals surface area (Å²) in [6, 6.07) is 6.97. The summed E-state index contributed by atoms with van der Waals surface area (Å²) in [5, 5.41) is 3.44. The van der Waals surface area contributed by atoms with Gasteiger partial charge in [-0.15, -0.1) is 11.3 Å². The number of fused-ring (bicyclic) bond motifs is 1. The highest BCUT2D eigenvalue weighted by Gasteiger charge is 2.27. The number of carbonyl (C=O) groups is 2. The van der Waals surface area contributed by atoms with Gasteiger partial charge in [0.15, 0.2) is 0 Å². The molecule has 1 aliphatic rings. The molecule has 138 valence electrons. The van der Waals surface area contributed by atoms with Crippen LogP contribution in [0.2, 0.25) is 0 Å². The first-order chi connectivity index (χ1) is 12.3. The molecule has 0 aliphatic heterocycles. The molecule has 6 heteroatoms. The van der Waals surface area contributed by atoms with Crippen LogP contribution < -0.4 is 15.8 Å². The van der Waals surface area contributed by atoms with Gasteiger partial charge in [0.05, 0.1) is 11.7 Å². The van der Waals surface area contributed by atoms with E-state index in [1.54, 1.807) is 24.3 Å². The molecule has 1 unspecified atom stereocenters. The molecule has 5 nitrogen and oxygen atoms in total. The number of nitrogens with one attached hydrogen (secondary N) is 1. The van der Waals surface area contributed by atoms with Crippen LogP contribution in [0.25, 0.3) is 0 Å². The number of ether oxygens (including phenoxy) is 1. The second-order valence-electron chi connectivity index (χ2n) is 7.07. The standard InChI is InChI=1S/C20H24N2O3S/c1-11(2)25-14-7-5-13(6-8-14)19(24)22-20-17(18(21)23)15-9-4-12(3)10-16(15)26-20/h5-8,11-12H,4,9-10H2,1-3H3,(H2,21,23)(H,22,24). The number of anilines is 1. The molecule has 0 radical (unpaired) electrons. The van der Waals surface area contributed by atoms with Crippen LogP contribution in [-0.2, 0) is 12.8 Å². The Kier molecular flexibility index (Phi) is 5.32.